The number of hydrogen-bond acceptors (Lipinski definition) is 5. The Bertz CT molecular complexity index is 852. The van der Waals surface area contributed by atoms with Gasteiger partial charge in [0.1, 0.15) is 11.9 Å². The molecule has 0 unspecified atom stereocenters. The highest BCUT2D eigenvalue weighted by atomic mass is 19.1. The maximum absolute atomic E-state index is 13.6. The van der Waals surface area contributed by atoms with Crippen LogP contribution in [-0.2, 0) is 0 Å². The molecule has 0 amide bonds. The molecule has 106 valence electrons. The number of nitrogens with zero attached hydrogens (tertiary/aromatic N) is 3. The van der Waals surface area contributed by atoms with E-state index >= 15 is 0 Å². The fourth-order valence-corrected chi connectivity index (χ4v) is 1.68. The van der Waals surface area contributed by atoms with Gasteiger partial charge < -0.3 is 10.2 Å². The monoisotopic (exact) mass is 289 g/mol. The van der Waals surface area contributed by atoms with E-state index in [4.69, 9.17) is 10.4 Å². The Kier molecular flexibility index (Phi) is 3.42. The highest BCUT2D eigenvalue weighted by Crippen LogP contribution is 2.18. The van der Waals surface area contributed by atoms with Crippen LogP contribution in [0, 0.1) is 24.1 Å². The lowest BCUT2D eigenvalue weighted by Gasteiger charge is -2.09. The number of aromatic nitrogens is 2. The van der Waals surface area contributed by atoms with Crippen LogP contribution < -0.4 is 5.56 Å². The van der Waals surface area contributed by atoms with Crippen LogP contribution in [0.1, 0.15) is 21.6 Å². The normalized spacial score (nSPS) is 10.1. The van der Waals surface area contributed by atoms with Crippen molar-refractivity contribution in [3.05, 3.63) is 51.2 Å². The number of rotatable bonds is 2. The van der Waals surface area contributed by atoms with E-state index in [9.17, 15) is 19.1 Å². The molecule has 0 spiro atoms. The van der Waals surface area contributed by atoms with Gasteiger partial charge in [-0.15, -0.1) is 0 Å². The van der Waals surface area contributed by atoms with E-state index in [0.717, 1.165) is 12.1 Å². The van der Waals surface area contributed by atoms with Crippen LogP contribution in [0.5, 0.6) is 5.75 Å². The van der Waals surface area contributed by atoms with E-state index in [1.165, 1.54) is 13.0 Å². The second-order valence-electron chi connectivity index (χ2n) is 4.12. The molecule has 7 nitrogen and oxygen atoms in total. The summed E-state index contributed by atoms with van der Waals surface area (Å²) >= 11 is 0. The van der Waals surface area contributed by atoms with E-state index in [1.807, 2.05) is 0 Å². The lowest BCUT2D eigenvalue weighted by molar-refractivity contribution is 0.0684. The molecule has 21 heavy (non-hydrogen) atoms. The number of hydrogen-bond donors (Lipinski definition) is 2. The Labute approximate surface area is 117 Å². The Balaban J connectivity index is 2.76. The smallest absolute Gasteiger partial charge is 0.360 e. The average Bonchev–Trinajstić information content (AvgIpc) is 2.44. The zero-order chi connectivity index (χ0) is 15.7. The lowest BCUT2D eigenvalue weighted by Crippen LogP contribution is -2.26. The van der Waals surface area contributed by atoms with Gasteiger partial charge in [0.25, 0.3) is 5.56 Å². The summed E-state index contributed by atoms with van der Waals surface area (Å²) < 4.78 is 14.2. The molecular weight excluding hydrogens is 281 g/mol. The Morgan fingerprint density at radius 3 is 2.67 bits per heavy atom. The lowest BCUT2D eigenvalue weighted by atomic mass is 10.2. The molecule has 0 aliphatic carbocycles. The number of benzene rings is 1. The van der Waals surface area contributed by atoms with Crippen LogP contribution in [0.3, 0.4) is 0 Å². The molecule has 0 radical (unpaired) electrons. The summed E-state index contributed by atoms with van der Waals surface area (Å²) in [5, 5.41) is 30.7. The van der Waals surface area contributed by atoms with E-state index in [1.54, 1.807) is 6.07 Å². The highest BCUT2D eigenvalue weighted by Gasteiger charge is 2.20. The minimum Gasteiger partial charge on any atom is -0.505 e. The number of carbonyl (C=O) groups is 1. The molecule has 1 heterocycles. The number of aromatic hydroxyl groups is 1. The molecule has 2 aromatic rings. The van der Waals surface area contributed by atoms with Gasteiger partial charge >= 0.3 is 5.97 Å². The van der Waals surface area contributed by atoms with Gasteiger partial charge in [0.05, 0.1) is 16.8 Å². The maximum atomic E-state index is 13.6. The first kappa shape index (κ1) is 14.2. The number of halogens is 1. The molecule has 8 heteroatoms. The molecule has 0 atom stereocenters. The summed E-state index contributed by atoms with van der Waals surface area (Å²) in [5.74, 6) is -3.14. The Morgan fingerprint density at radius 2 is 2.14 bits per heavy atom. The van der Waals surface area contributed by atoms with Crippen molar-refractivity contribution in [1.29, 1.82) is 5.26 Å². The Hall–Kier alpha value is -3.21. The topological polar surface area (TPSA) is 116 Å². The van der Waals surface area contributed by atoms with Gasteiger partial charge in [0.2, 0.25) is 5.69 Å². The predicted molar refractivity (Wildman–Crippen MR) is 67.9 cm³/mol. The largest absolute Gasteiger partial charge is 0.505 e. The van der Waals surface area contributed by atoms with E-state index in [-0.39, 0.29) is 16.8 Å². The van der Waals surface area contributed by atoms with Crippen LogP contribution in [0.15, 0.2) is 23.0 Å². The summed E-state index contributed by atoms with van der Waals surface area (Å²) in [6, 6.07) is 4.89. The van der Waals surface area contributed by atoms with Crippen molar-refractivity contribution in [3.8, 4) is 17.5 Å². The molecule has 2 N–H and O–H groups in total. The fraction of sp³-hybridized carbons (Fsp3) is 0.0769. The van der Waals surface area contributed by atoms with Crippen LogP contribution >= 0.6 is 0 Å². The molecule has 0 aliphatic rings. The molecule has 0 bridgehead atoms. The number of carboxylic acid groups (broad SMARTS) is 1. The first-order valence-electron chi connectivity index (χ1n) is 5.63. The predicted octanol–water partition coefficient (Wildman–Crippen LogP) is 0.955. The second kappa shape index (κ2) is 5.05. The number of nitriles is 1. The van der Waals surface area contributed by atoms with Crippen molar-refractivity contribution in [2.75, 3.05) is 0 Å². The molecule has 0 saturated carbocycles. The van der Waals surface area contributed by atoms with Crippen LogP contribution in [-0.4, -0.2) is 26.0 Å². The minimum absolute atomic E-state index is 0.0536. The third kappa shape index (κ3) is 2.32. The van der Waals surface area contributed by atoms with E-state index < -0.39 is 28.8 Å². The molecular formula is C13H8FN3O4. The summed E-state index contributed by atoms with van der Waals surface area (Å²) in [6.07, 6.45) is 0. The minimum atomic E-state index is -1.53. The maximum Gasteiger partial charge on any atom is 0.360 e. The van der Waals surface area contributed by atoms with Crippen LogP contribution in [0.2, 0.25) is 0 Å². The van der Waals surface area contributed by atoms with Crippen molar-refractivity contribution in [2.45, 2.75) is 6.92 Å². The van der Waals surface area contributed by atoms with Gasteiger partial charge in [0, 0.05) is 6.07 Å². The molecule has 0 fully saturated rings. The summed E-state index contributed by atoms with van der Waals surface area (Å²) in [6.45, 7) is 1.22. The van der Waals surface area contributed by atoms with Crippen LogP contribution in [0.25, 0.3) is 5.69 Å². The van der Waals surface area contributed by atoms with Gasteiger partial charge in [-0.1, -0.05) is 0 Å². The van der Waals surface area contributed by atoms with Crippen molar-refractivity contribution < 1.29 is 19.4 Å². The van der Waals surface area contributed by atoms with E-state index in [2.05, 4.69) is 5.10 Å². The summed E-state index contributed by atoms with van der Waals surface area (Å²) in [5.41, 5.74) is -2.02. The van der Waals surface area contributed by atoms with Crippen molar-refractivity contribution in [2.24, 2.45) is 0 Å². The summed E-state index contributed by atoms with van der Waals surface area (Å²) in [4.78, 5) is 23.0. The third-order valence-electron chi connectivity index (χ3n) is 2.81. The van der Waals surface area contributed by atoms with Gasteiger partial charge in [0.15, 0.2) is 5.75 Å². The third-order valence-corrected chi connectivity index (χ3v) is 2.81. The van der Waals surface area contributed by atoms with E-state index in [0.29, 0.717) is 4.68 Å². The SMILES string of the molecule is Cc1c(O)c(C(=O)O)nn(-c2ccc(C#N)c(F)c2)c1=O. The Morgan fingerprint density at radius 1 is 1.48 bits per heavy atom. The molecule has 2 rings (SSSR count). The second-order valence-corrected chi connectivity index (χ2v) is 4.12. The zero-order valence-corrected chi connectivity index (χ0v) is 10.7. The van der Waals surface area contributed by atoms with Crippen LogP contribution in [0.4, 0.5) is 4.39 Å². The fourth-order valence-electron chi connectivity index (χ4n) is 1.68. The zero-order valence-electron chi connectivity index (χ0n) is 10.7. The summed E-state index contributed by atoms with van der Waals surface area (Å²) in [7, 11) is 0. The van der Waals surface area contributed by atoms with Crippen molar-refractivity contribution in [1.82, 2.24) is 9.78 Å². The first-order chi connectivity index (χ1) is 9.86. The van der Waals surface area contributed by atoms with Gasteiger partial charge in [-0.3, -0.25) is 4.79 Å². The number of carboxylic acids is 1. The van der Waals surface area contributed by atoms with Gasteiger partial charge in [-0.05, 0) is 19.1 Å². The van der Waals surface area contributed by atoms with Crippen molar-refractivity contribution >= 4 is 5.97 Å². The van der Waals surface area contributed by atoms with Gasteiger partial charge in [-0.2, -0.15) is 15.0 Å². The quantitative estimate of drug-likeness (QED) is 0.850. The molecule has 0 saturated heterocycles. The highest BCUT2D eigenvalue weighted by molar-refractivity contribution is 5.88. The molecule has 1 aromatic heterocycles. The standard InChI is InChI=1S/C13H8FN3O4/c1-6-11(18)10(13(20)21)16-17(12(6)19)8-3-2-7(5-15)9(14)4-8/h2-4,18H,1H3,(H,20,21). The average molecular weight is 289 g/mol. The number of aromatic carboxylic acids is 1. The van der Waals surface area contributed by atoms with Gasteiger partial charge in [-0.25, -0.2) is 9.18 Å². The first-order valence-corrected chi connectivity index (χ1v) is 5.63. The molecule has 0 aliphatic heterocycles. The molecule has 1 aromatic carbocycles. The van der Waals surface area contributed by atoms with Crippen molar-refractivity contribution in [3.63, 3.8) is 0 Å².